The van der Waals surface area contributed by atoms with Crippen molar-refractivity contribution < 1.29 is 27.5 Å². The Kier molecular flexibility index (Phi) is 6.96. The largest absolute Gasteiger partial charge is 0.458 e. The number of esters is 1. The molecule has 4 atom stereocenters. The number of halogens is 3. The summed E-state index contributed by atoms with van der Waals surface area (Å²) in [5.74, 6) is -2.62. The molecule has 1 aliphatic carbocycles. The maximum Gasteiger partial charge on any atom is 0.399 e. The van der Waals surface area contributed by atoms with Gasteiger partial charge in [-0.1, -0.05) is 73.6 Å². The fraction of sp³-hybridized carbons (Fsp3) is 0.440. The Balaban J connectivity index is 1.77. The number of hydrogen-bond acceptors (Lipinski definition) is 4. The Morgan fingerprint density at radius 1 is 1.09 bits per heavy atom. The smallest absolute Gasteiger partial charge is 0.399 e. The van der Waals surface area contributed by atoms with Crippen molar-refractivity contribution in [3.8, 4) is 0 Å². The molecule has 0 radical (unpaired) electrons. The normalized spacial score (nSPS) is 21.7. The molecular formula is C25H28F3NO3. The fourth-order valence-corrected chi connectivity index (χ4v) is 4.11. The Morgan fingerprint density at radius 3 is 2.34 bits per heavy atom. The summed E-state index contributed by atoms with van der Waals surface area (Å²) >= 11 is 0. The number of nitrogens with zero attached hydrogens (tertiary/aromatic N) is 1. The molecule has 0 saturated heterocycles. The lowest BCUT2D eigenvalue weighted by atomic mass is 9.89. The van der Waals surface area contributed by atoms with Gasteiger partial charge in [0.05, 0.1) is 5.92 Å². The van der Waals surface area contributed by atoms with Crippen LogP contribution >= 0.6 is 0 Å². The molecule has 3 rings (SSSR count). The van der Waals surface area contributed by atoms with Gasteiger partial charge in [0.15, 0.2) is 0 Å². The molecule has 0 N–H and O–H groups in total. The topological polar surface area (TPSA) is 47.9 Å². The van der Waals surface area contributed by atoms with Gasteiger partial charge < -0.3 is 9.57 Å². The number of benzene rings is 2. The SMILES string of the molecule is CCON=CC1C(C(=O)OC(C)c2cccc(C(c3ccccc3)C(F)(F)F)c2)C1(C)C. The highest BCUT2D eigenvalue weighted by atomic mass is 19.4. The van der Waals surface area contributed by atoms with Gasteiger partial charge in [-0.3, -0.25) is 4.79 Å². The Bertz CT molecular complexity index is 956. The Labute approximate surface area is 186 Å². The van der Waals surface area contributed by atoms with Gasteiger partial charge in [-0.2, -0.15) is 13.2 Å². The second-order valence-electron chi connectivity index (χ2n) is 8.63. The van der Waals surface area contributed by atoms with Gasteiger partial charge in [0.2, 0.25) is 0 Å². The van der Waals surface area contributed by atoms with E-state index in [9.17, 15) is 18.0 Å². The molecule has 0 heterocycles. The monoisotopic (exact) mass is 447 g/mol. The first-order valence-corrected chi connectivity index (χ1v) is 10.6. The molecule has 7 heteroatoms. The van der Waals surface area contributed by atoms with Crippen LogP contribution in [0.3, 0.4) is 0 Å². The predicted molar refractivity (Wildman–Crippen MR) is 116 cm³/mol. The van der Waals surface area contributed by atoms with Crippen LogP contribution in [0, 0.1) is 17.3 Å². The third kappa shape index (κ3) is 5.14. The van der Waals surface area contributed by atoms with E-state index in [-0.39, 0.29) is 28.4 Å². The number of rotatable bonds is 8. The number of carbonyl (C=O) groups excluding carboxylic acids is 1. The molecule has 32 heavy (non-hydrogen) atoms. The van der Waals surface area contributed by atoms with Crippen molar-refractivity contribution in [2.45, 2.75) is 45.9 Å². The summed E-state index contributed by atoms with van der Waals surface area (Å²) in [5.41, 5.74) is 0.475. The van der Waals surface area contributed by atoms with Gasteiger partial charge >= 0.3 is 12.1 Å². The summed E-state index contributed by atoms with van der Waals surface area (Å²) in [6.07, 6.45) is -3.52. The molecule has 4 unspecified atom stereocenters. The van der Waals surface area contributed by atoms with Crippen LogP contribution in [0.15, 0.2) is 59.8 Å². The van der Waals surface area contributed by atoms with E-state index in [1.807, 2.05) is 20.8 Å². The predicted octanol–water partition coefficient (Wildman–Crippen LogP) is 6.28. The summed E-state index contributed by atoms with van der Waals surface area (Å²) < 4.78 is 47.3. The van der Waals surface area contributed by atoms with E-state index in [1.54, 1.807) is 43.5 Å². The zero-order valence-electron chi connectivity index (χ0n) is 18.6. The molecular weight excluding hydrogens is 419 g/mol. The second-order valence-corrected chi connectivity index (χ2v) is 8.63. The van der Waals surface area contributed by atoms with Crippen LogP contribution in [-0.4, -0.2) is 25.0 Å². The van der Waals surface area contributed by atoms with Crippen LogP contribution in [0.4, 0.5) is 13.2 Å². The van der Waals surface area contributed by atoms with Crippen molar-refractivity contribution in [1.82, 2.24) is 0 Å². The van der Waals surface area contributed by atoms with E-state index in [1.165, 1.54) is 24.3 Å². The van der Waals surface area contributed by atoms with Gasteiger partial charge in [-0.05, 0) is 36.0 Å². The highest BCUT2D eigenvalue weighted by Gasteiger charge is 2.62. The van der Waals surface area contributed by atoms with E-state index in [0.29, 0.717) is 12.2 Å². The molecule has 1 saturated carbocycles. The van der Waals surface area contributed by atoms with Crippen LogP contribution in [-0.2, 0) is 14.4 Å². The van der Waals surface area contributed by atoms with Crippen LogP contribution in [0.2, 0.25) is 0 Å². The first-order valence-electron chi connectivity index (χ1n) is 10.6. The van der Waals surface area contributed by atoms with E-state index in [4.69, 9.17) is 9.57 Å². The van der Waals surface area contributed by atoms with Crippen molar-refractivity contribution in [1.29, 1.82) is 0 Å². The summed E-state index contributed by atoms with van der Waals surface area (Å²) in [4.78, 5) is 17.7. The van der Waals surface area contributed by atoms with Crippen LogP contribution < -0.4 is 0 Å². The third-order valence-electron chi connectivity index (χ3n) is 6.06. The van der Waals surface area contributed by atoms with E-state index in [2.05, 4.69) is 5.16 Å². The van der Waals surface area contributed by atoms with Gasteiger partial charge in [-0.25, -0.2) is 0 Å². The zero-order valence-corrected chi connectivity index (χ0v) is 18.6. The number of ether oxygens (including phenoxy) is 1. The molecule has 1 fully saturated rings. The number of hydrogen-bond donors (Lipinski definition) is 0. The van der Waals surface area contributed by atoms with Gasteiger partial charge in [-0.15, -0.1) is 0 Å². The average Bonchev–Trinajstić information content (AvgIpc) is 3.28. The maximum atomic E-state index is 13.9. The second kappa shape index (κ2) is 9.35. The summed E-state index contributed by atoms with van der Waals surface area (Å²) in [6.45, 7) is 7.81. The zero-order chi connectivity index (χ0) is 23.5. The highest BCUT2D eigenvalue weighted by molar-refractivity contribution is 5.85. The molecule has 1 aliphatic rings. The molecule has 2 aromatic carbocycles. The quantitative estimate of drug-likeness (QED) is 0.272. The Morgan fingerprint density at radius 2 is 1.72 bits per heavy atom. The molecule has 2 aromatic rings. The molecule has 0 amide bonds. The lowest BCUT2D eigenvalue weighted by Gasteiger charge is -2.23. The maximum absolute atomic E-state index is 13.9. The van der Waals surface area contributed by atoms with Crippen molar-refractivity contribution in [3.05, 3.63) is 71.3 Å². The van der Waals surface area contributed by atoms with E-state index >= 15 is 0 Å². The van der Waals surface area contributed by atoms with Crippen LogP contribution in [0.5, 0.6) is 0 Å². The summed E-state index contributed by atoms with van der Waals surface area (Å²) in [6, 6.07) is 13.9. The minimum absolute atomic E-state index is 0.104. The van der Waals surface area contributed by atoms with Gasteiger partial charge in [0, 0.05) is 12.1 Å². The van der Waals surface area contributed by atoms with Crippen LogP contribution in [0.1, 0.15) is 56.4 Å². The Hall–Kier alpha value is -2.83. The summed E-state index contributed by atoms with van der Waals surface area (Å²) in [5, 5.41) is 3.86. The average molecular weight is 447 g/mol. The lowest BCUT2D eigenvalue weighted by Crippen LogP contribution is -2.22. The lowest BCUT2D eigenvalue weighted by molar-refractivity contribution is -0.151. The molecule has 0 aromatic heterocycles. The number of alkyl halides is 3. The minimum Gasteiger partial charge on any atom is -0.458 e. The molecule has 0 aliphatic heterocycles. The standard InChI is InChI=1S/C25H28F3NO3/c1-5-31-29-15-20-22(24(20,3)4)23(30)32-16(2)18-12-9-13-19(14-18)21(25(26,27)28)17-10-7-6-8-11-17/h6-16,20-22H,5H2,1-4H3. The van der Waals surface area contributed by atoms with E-state index in [0.717, 1.165) is 0 Å². The van der Waals surface area contributed by atoms with Crippen LogP contribution in [0.25, 0.3) is 0 Å². The molecule has 0 spiro atoms. The van der Waals surface area contributed by atoms with Crippen molar-refractivity contribution in [3.63, 3.8) is 0 Å². The molecule has 172 valence electrons. The first kappa shape index (κ1) is 23.8. The first-order chi connectivity index (χ1) is 15.1. The van der Waals surface area contributed by atoms with Crippen molar-refractivity contribution in [2.24, 2.45) is 22.4 Å². The highest BCUT2D eigenvalue weighted by Crippen LogP contribution is 2.58. The minimum atomic E-state index is -4.45. The fourth-order valence-electron chi connectivity index (χ4n) is 4.11. The van der Waals surface area contributed by atoms with Gasteiger partial charge in [0.1, 0.15) is 18.6 Å². The van der Waals surface area contributed by atoms with Gasteiger partial charge in [0.25, 0.3) is 0 Å². The molecule has 4 nitrogen and oxygen atoms in total. The number of carbonyl (C=O) groups is 1. The summed E-state index contributed by atoms with van der Waals surface area (Å²) in [7, 11) is 0. The van der Waals surface area contributed by atoms with E-state index < -0.39 is 24.2 Å². The number of oxime groups is 1. The van der Waals surface area contributed by atoms with Crippen molar-refractivity contribution in [2.75, 3.05) is 6.61 Å². The third-order valence-corrected chi connectivity index (χ3v) is 6.06. The van der Waals surface area contributed by atoms with Crippen molar-refractivity contribution >= 4 is 12.2 Å². The molecule has 0 bridgehead atoms.